The van der Waals surface area contributed by atoms with Crippen LogP contribution in [0.25, 0.3) is 0 Å². The monoisotopic (exact) mass is 366 g/mol. The fraction of sp³-hybridized carbons (Fsp3) is 0.143. The van der Waals surface area contributed by atoms with Crippen LogP contribution in [-0.2, 0) is 6.54 Å². The summed E-state index contributed by atoms with van der Waals surface area (Å²) < 4.78 is 5.77. The first-order valence-corrected chi connectivity index (χ1v) is 8.63. The highest BCUT2D eigenvalue weighted by Gasteiger charge is 2.08. The first-order chi connectivity index (χ1) is 12.5. The van der Waals surface area contributed by atoms with Crippen molar-refractivity contribution in [3.8, 4) is 11.6 Å². The normalized spacial score (nSPS) is 10.4. The number of pyridine rings is 1. The predicted octanol–water partition coefficient (Wildman–Crippen LogP) is 5.07. The Morgan fingerprint density at radius 3 is 2.58 bits per heavy atom. The van der Waals surface area contributed by atoms with E-state index >= 15 is 0 Å². The summed E-state index contributed by atoms with van der Waals surface area (Å²) in [5.41, 5.74) is 3.46. The van der Waals surface area contributed by atoms with Crippen molar-refractivity contribution in [2.24, 2.45) is 0 Å². The summed E-state index contributed by atoms with van der Waals surface area (Å²) in [6, 6.07) is 16.6. The van der Waals surface area contributed by atoms with E-state index < -0.39 is 0 Å². The topological polar surface area (TPSA) is 51.2 Å². The molecule has 1 N–H and O–H groups in total. The Hall–Kier alpha value is -2.85. The smallest absolute Gasteiger partial charge is 0.251 e. The van der Waals surface area contributed by atoms with Gasteiger partial charge in [0.25, 0.3) is 5.91 Å². The van der Waals surface area contributed by atoms with Gasteiger partial charge in [0.15, 0.2) is 0 Å². The number of aryl methyl sites for hydroxylation is 2. The highest BCUT2D eigenvalue weighted by molar-refractivity contribution is 6.30. The van der Waals surface area contributed by atoms with Crippen molar-refractivity contribution in [3.63, 3.8) is 0 Å². The standard InChI is InChI=1S/C21H19ClN2O2/c1-14-5-3-4-6-18(14)21(25)24-13-16-7-10-20(23-12-16)26-19-9-8-17(22)11-15(19)2/h3-12H,13H2,1-2H3,(H,24,25). The van der Waals surface area contributed by atoms with Gasteiger partial charge in [-0.15, -0.1) is 0 Å². The van der Waals surface area contributed by atoms with Crippen molar-refractivity contribution in [1.29, 1.82) is 0 Å². The predicted molar refractivity (Wildman–Crippen MR) is 103 cm³/mol. The number of nitrogens with zero attached hydrogens (tertiary/aromatic N) is 1. The molecular weight excluding hydrogens is 348 g/mol. The largest absolute Gasteiger partial charge is 0.439 e. The molecule has 1 heterocycles. The van der Waals surface area contributed by atoms with Crippen LogP contribution >= 0.6 is 11.6 Å². The van der Waals surface area contributed by atoms with Gasteiger partial charge in [-0.3, -0.25) is 4.79 Å². The van der Waals surface area contributed by atoms with Gasteiger partial charge in [0.1, 0.15) is 5.75 Å². The first-order valence-electron chi connectivity index (χ1n) is 8.26. The van der Waals surface area contributed by atoms with Crippen molar-refractivity contribution < 1.29 is 9.53 Å². The number of aromatic nitrogens is 1. The number of rotatable bonds is 5. The van der Waals surface area contributed by atoms with Gasteiger partial charge >= 0.3 is 0 Å². The molecule has 0 saturated carbocycles. The van der Waals surface area contributed by atoms with E-state index in [9.17, 15) is 4.79 Å². The molecule has 0 aliphatic heterocycles. The molecule has 1 aromatic heterocycles. The zero-order chi connectivity index (χ0) is 18.5. The number of hydrogen-bond acceptors (Lipinski definition) is 3. The highest BCUT2D eigenvalue weighted by atomic mass is 35.5. The molecule has 0 spiro atoms. The van der Waals surface area contributed by atoms with Crippen LogP contribution in [0.4, 0.5) is 0 Å². The second kappa shape index (κ2) is 8.02. The molecule has 0 radical (unpaired) electrons. The zero-order valence-corrected chi connectivity index (χ0v) is 15.4. The summed E-state index contributed by atoms with van der Waals surface area (Å²) in [6.07, 6.45) is 1.69. The van der Waals surface area contributed by atoms with E-state index in [1.807, 2.05) is 56.3 Å². The number of carbonyl (C=O) groups excluding carboxylic acids is 1. The van der Waals surface area contributed by atoms with E-state index in [1.54, 1.807) is 18.3 Å². The number of ether oxygens (including phenoxy) is 1. The van der Waals surface area contributed by atoms with Crippen molar-refractivity contribution in [2.75, 3.05) is 0 Å². The molecule has 0 atom stereocenters. The van der Waals surface area contributed by atoms with E-state index in [1.165, 1.54) is 0 Å². The third kappa shape index (κ3) is 4.41. The van der Waals surface area contributed by atoms with Gasteiger partial charge in [0.2, 0.25) is 5.88 Å². The number of benzene rings is 2. The molecular formula is C21H19ClN2O2. The Bertz CT molecular complexity index is 924. The van der Waals surface area contributed by atoms with Crippen molar-refractivity contribution >= 4 is 17.5 Å². The molecule has 132 valence electrons. The third-order valence-electron chi connectivity index (χ3n) is 3.99. The Kier molecular flexibility index (Phi) is 5.54. The molecule has 0 aliphatic rings. The summed E-state index contributed by atoms with van der Waals surface area (Å²) in [5.74, 6) is 1.10. The van der Waals surface area contributed by atoms with E-state index in [4.69, 9.17) is 16.3 Å². The lowest BCUT2D eigenvalue weighted by atomic mass is 10.1. The van der Waals surface area contributed by atoms with Crippen molar-refractivity contribution in [3.05, 3.63) is 88.1 Å². The van der Waals surface area contributed by atoms with E-state index in [0.29, 0.717) is 28.8 Å². The van der Waals surface area contributed by atoms with Crippen LogP contribution in [-0.4, -0.2) is 10.9 Å². The molecule has 2 aromatic carbocycles. The van der Waals surface area contributed by atoms with Gasteiger partial charge in [-0.25, -0.2) is 4.98 Å². The summed E-state index contributed by atoms with van der Waals surface area (Å²) in [7, 11) is 0. The number of carbonyl (C=O) groups is 1. The minimum absolute atomic E-state index is 0.0970. The number of amides is 1. The van der Waals surface area contributed by atoms with Gasteiger partial charge in [0, 0.05) is 29.4 Å². The van der Waals surface area contributed by atoms with E-state index in [0.717, 1.165) is 16.7 Å². The fourth-order valence-electron chi connectivity index (χ4n) is 2.52. The molecule has 3 rings (SSSR count). The Morgan fingerprint density at radius 2 is 1.88 bits per heavy atom. The molecule has 0 saturated heterocycles. The maximum Gasteiger partial charge on any atom is 0.251 e. The van der Waals surface area contributed by atoms with Crippen LogP contribution in [0, 0.1) is 13.8 Å². The fourth-order valence-corrected chi connectivity index (χ4v) is 2.75. The average Bonchev–Trinajstić information content (AvgIpc) is 2.63. The summed E-state index contributed by atoms with van der Waals surface area (Å²) in [5, 5.41) is 3.58. The molecule has 0 unspecified atom stereocenters. The maximum absolute atomic E-state index is 12.2. The van der Waals surface area contributed by atoms with Gasteiger partial charge in [-0.2, -0.15) is 0 Å². The van der Waals surface area contributed by atoms with Crippen molar-refractivity contribution in [2.45, 2.75) is 20.4 Å². The summed E-state index contributed by atoms with van der Waals surface area (Å²) in [4.78, 5) is 16.5. The summed E-state index contributed by atoms with van der Waals surface area (Å²) >= 11 is 5.95. The summed E-state index contributed by atoms with van der Waals surface area (Å²) in [6.45, 7) is 4.25. The molecule has 0 bridgehead atoms. The van der Waals surface area contributed by atoms with Crippen LogP contribution in [0.1, 0.15) is 27.0 Å². The Labute approximate surface area is 157 Å². The minimum Gasteiger partial charge on any atom is -0.439 e. The zero-order valence-electron chi connectivity index (χ0n) is 14.6. The first kappa shape index (κ1) is 18.0. The van der Waals surface area contributed by atoms with E-state index in [2.05, 4.69) is 10.3 Å². The molecule has 4 nitrogen and oxygen atoms in total. The number of nitrogens with one attached hydrogen (secondary N) is 1. The van der Waals surface area contributed by atoms with E-state index in [-0.39, 0.29) is 5.91 Å². The Morgan fingerprint density at radius 1 is 1.08 bits per heavy atom. The van der Waals surface area contributed by atoms with Crippen LogP contribution in [0.3, 0.4) is 0 Å². The number of hydrogen-bond donors (Lipinski definition) is 1. The van der Waals surface area contributed by atoms with Crippen LogP contribution in [0.5, 0.6) is 11.6 Å². The molecule has 26 heavy (non-hydrogen) atoms. The average molecular weight is 367 g/mol. The lowest BCUT2D eigenvalue weighted by Crippen LogP contribution is -2.23. The lowest BCUT2D eigenvalue weighted by Gasteiger charge is -2.10. The second-order valence-corrected chi connectivity index (χ2v) is 6.45. The van der Waals surface area contributed by atoms with Gasteiger partial charge in [0.05, 0.1) is 0 Å². The lowest BCUT2D eigenvalue weighted by molar-refractivity contribution is 0.0950. The molecule has 0 aliphatic carbocycles. The second-order valence-electron chi connectivity index (χ2n) is 6.01. The molecule has 5 heteroatoms. The molecule has 1 amide bonds. The molecule has 3 aromatic rings. The third-order valence-corrected chi connectivity index (χ3v) is 4.23. The minimum atomic E-state index is -0.0970. The quantitative estimate of drug-likeness (QED) is 0.685. The van der Waals surface area contributed by atoms with Gasteiger partial charge in [-0.05, 0) is 54.8 Å². The van der Waals surface area contributed by atoms with Crippen LogP contribution < -0.4 is 10.1 Å². The van der Waals surface area contributed by atoms with Gasteiger partial charge < -0.3 is 10.1 Å². The highest BCUT2D eigenvalue weighted by Crippen LogP contribution is 2.26. The van der Waals surface area contributed by atoms with Crippen LogP contribution in [0.2, 0.25) is 5.02 Å². The number of halogens is 1. The van der Waals surface area contributed by atoms with Gasteiger partial charge in [-0.1, -0.05) is 35.9 Å². The molecule has 0 fully saturated rings. The van der Waals surface area contributed by atoms with Crippen LogP contribution in [0.15, 0.2) is 60.8 Å². The Balaban J connectivity index is 1.61. The van der Waals surface area contributed by atoms with Crippen molar-refractivity contribution in [1.82, 2.24) is 10.3 Å². The SMILES string of the molecule is Cc1cc(Cl)ccc1Oc1ccc(CNC(=O)c2ccccc2C)cn1. The maximum atomic E-state index is 12.2.